The molecule has 0 aromatic carbocycles. The Morgan fingerprint density at radius 3 is 3.00 bits per heavy atom. The van der Waals surface area contributed by atoms with Crippen LogP contribution in [0.1, 0.15) is 5.82 Å². The molecule has 2 heterocycles. The molecule has 0 saturated carbocycles. The van der Waals surface area contributed by atoms with Crippen molar-refractivity contribution in [1.82, 2.24) is 15.0 Å². The summed E-state index contributed by atoms with van der Waals surface area (Å²) in [5.74, 6) is 0.316. The monoisotopic (exact) mass is 178 g/mol. The first-order chi connectivity index (χ1) is 6.31. The second kappa shape index (κ2) is 2.93. The third kappa shape index (κ3) is 1.28. The summed E-state index contributed by atoms with van der Waals surface area (Å²) in [4.78, 5) is 11.7. The highest BCUT2D eigenvalue weighted by Crippen LogP contribution is 2.14. The number of hydrogen-bond donors (Lipinski definition) is 1. The highest BCUT2D eigenvalue weighted by atomic mass is 19.1. The number of fused-ring (bicyclic) bond motifs is 1. The molecule has 0 amide bonds. The zero-order chi connectivity index (χ0) is 9.26. The first kappa shape index (κ1) is 7.85. The van der Waals surface area contributed by atoms with Gasteiger partial charge in [-0.25, -0.2) is 14.4 Å². The number of rotatable bonds is 1. The van der Waals surface area contributed by atoms with Gasteiger partial charge in [-0.05, 0) is 12.1 Å². The Kier molecular flexibility index (Phi) is 1.77. The fraction of sp³-hybridized carbons (Fsp3) is 0.125. The minimum absolute atomic E-state index is 0.0954. The quantitative estimate of drug-likeness (QED) is 0.709. The topological polar surface area (TPSA) is 64.7 Å². The Labute approximate surface area is 73.6 Å². The van der Waals surface area contributed by atoms with E-state index in [1.165, 1.54) is 0 Å². The van der Waals surface area contributed by atoms with Crippen molar-refractivity contribution in [3.8, 4) is 0 Å². The molecule has 2 aromatic heterocycles. The van der Waals surface area contributed by atoms with Crippen molar-refractivity contribution in [2.75, 3.05) is 5.73 Å². The number of nitrogens with two attached hydrogens (primary N) is 1. The summed E-state index contributed by atoms with van der Waals surface area (Å²) in [7, 11) is 0. The lowest BCUT2D eigenvalue weighted by Crippen LogP contribution is -2.00. The number of nitrogen functional groups attached to an aromatic ring is 1. The van der Waals surface area contributed by atoms with Crippen LogP contribution in [0.15, 0.2) is 18.3 Å². The maximum absolute atomic E-state index is 12.2. The van der Waals surface area contributed by atoms with E-state index >= 15 is 0 Å². The van der Waals surface area contributed by atoms with E-state index in [0.717, 1.165) is 0 Å². The predicted molar refractivity (Wildman–Crippen MR) is 46.6 cm³/mol. The molecule has 0 unspecified atom stereocenters. The van der Waals surface area contributed by atoms with E-state index in [4.69, 9.17) is 5.73 Å². The lowest BCUT2D eigenvalue weighted by Gasteiger charge is -2.00. The molecule has 0 spiro atoms. The van der Waals surface area contributed by atoms with Crippen LogP contribution in [-0.2, 0) is 6.67 Å². The molecule has 0 fully saturated rings. The molecule has 0 saturated heterocycles. The number of halogens is 1. The summed E-state index contributed by atoms with van der Waals surface area (Å²) >= 11 is 0. The normalized spacial score (nSPS) is 10.5. The fourth-order valence-corrected chi connectivity index (χ4v) is 1.10. The Bertz CT molecular complexity index is 443. The van der Waals surface area contributed by atoms with Crippen LogP contribution in [0, 0.1) is 0 Å². The van der Waals surface area contributed by atoms with Crippen LogP contribution < -0.4 is 5.73 Å². The predicted octanol–water partition coefficient (Wildman–Crippen LogP) is 1.08. The Morgan fingerprint density at radius 1 is 1.38 bits per heavy atom. The Hall–Kier alpha value is -1.78. The second-order valence-corrected chi connectivity index (χ2v) is 2.53. The average Bonchev–Trinajstić information content (AvgIpc) is 2.18. The van der Waals surface area contributed by atoms with E-state index in [9.17, 15) is 4.39 Å². The van der Waals surface area contributed by atoms with Crippen molar-refractivity contribution in [2.24, 2.45) is 0 Å². The van der Waals surface area contributed by atoms with Gasteiger partial charge >= 0.3 is 0 Å². The van der Waals surface area contributed by atoms with E-state index in [2.05, 4.69) is 15.0 Å². The standard InChI is InChI=1S/C8H7FN4/c9-4-6-12-5-2-1-3-11-7(5)8(10)13-6/h1-3H,4H2,(H2,10,12,13). The van der Waals surface area contributed by atoms with Gasteiger partial charge in [-0.1, -0.05) is 0 Å². The first-order valence-electron chi connectivity index (χ1n) is 3.74. The first-order valence-corrected chi connectivity index (χ1v) is 3.74. The molecule has 0 radical (unpaired) electrons. The maximum Gasteiger partial charge on any atom is 0.162 e. The van der Waals surface area contributed by atoms with Crippen molar-refractivity contribution in [3.63, 3.8) is 0 Å². The molecule has 0 aliphatic carbocycles. The third-order valence-corrected chi connectivity index (χ3v) is 1.65. The lowest BCUT2D eigenvalue weighted by molar-refractivity contribution is 0.467. The molecule has 4 nitrogen and oxygen atoms in total. The van der Waals surface area contributed by atoms with E-state index in [1.54, 1.807) is 18.3 Å². The number of nitrogens with zero attached hydrogens (tertiary/aromatic N) is 3. The van der Waals surface area contributed by atoms with E-state index in [0.29, 0.717) is 11.0 Å². The summed E-state index contributed by atoms with van der Waals surface area (Å²) < 4.78 is 12.2. The van der Waals surface area contributed by atoms with Crippen molar-refractivity contribution >= 4 is 16.9 Å². The van der Waals surface area contributed by atoms with Crippen molar-refractivity contribution < 1.29 is 4.39 Å². The van der Waals surface area contributed by atoms with E-state index in [1.807, 2.05) is 0 Å². The van der Waals surface area contributed by atoms with Gasteiger partial charge in [0.2, 0.25) is 0 Å². The number of aromatic nitrogens is 3. The molecule has 2 N–H and O–H groups in total. The zero-order valence-electron chi connectivity index (χ0n) is 6.74. The van der Waals surface area contributed by atoms with Crippen molar-refractivity contribution in [3.05, 3.63) is 24.2 Å². The van der Waals surface area contributed by atoms with Gasteiger partial charge in [0, 0.05) is 6.20 Å². The summed E-state index contributed by atoms with van der Waals surface area (Å²) in [5.41, 5.74) is 6.64. The minimum atomic E-state index is -0.713. The fourth-order valence-electron chi connectivity index (χ4n) is 1.10. The summed E-state index contributed by atoms with van der Waals surface area (Å²) in [5, 5.41) is 0. The number of alkyl halides is 1. The number of pyridine rings is 1. The minimum Gasteiger partial charge on any atom is -0.382 e. The molecule has 13 heavy (non-hydrogen) atoms. The molecule has 0 atom stereocenters. The zero-order valence-corrected chi connectivity index (χ0v) is 6.74. The van der Waals surface area contributed by atoms with Crippen LogP contribution >= 0.6 is 0 Å². The van der Waals surface area contributed by atoms with Crippen LogP contribution in [0.4, 0.5) is 10.2 Å². The lowest BCUT2D eigenvalue weighted by atomic mass is 10.3. The third-order valence-electron chi connectivity index (χ3n) is 1.65. The molecule has 66 valence electrons. The van der Waals surface area contributed by atoms with Gasteiger partial charge in [0.25, 0.3) is 0 Å². The van der Waals surface area contributed by atoms with Crippen LogP contribution in [-0.4, -0.2) is 15.0 Å². The van der Waals surface area contributed by atoms with Gasteiger partial charge in [-0.2, -0.15) is 0 Å². The van der Waals surface area contributed by atoms with Crippen LogP contribution in [0.25, 0.3) is 11.0 Å². The smallest absolute Gasteiger partial charge is 0.162 e. The Morgan fingerprint density at radius 2 is 2.23 bits per heavy atom. The molecule has 2 rings (SSSR count). The molecule has 0 aliphatic rings. The van der Waals surface area contributed by atoms with E-state index in [-0.39, 0.29) is 11.6 Å². The van der Waals surface area contributed by atoms with Gasteiger partial charge in [-0.15, -0.1) is 0 Å². The maximum atomic E-state index is 12.2. The largest absolute Gasteiger partial charge is 0.382 e. The van der Waals surface area contributed by atoms with E-state index < -0.39 is 6.67 Å². The van der Waals surface area contributed by atoms with Crippen molar-refractivity contribution in [1.29, 1.82) is 0 Å². The summed E-state index contributed by atoms with van der Waals surface area (Å²) in [6.07, 6.45) is 1.59. The number of anilines is 1. The molecule has 2 aromatic rings. The van der Waals surface area contributed by atoms with Gasteiger partial charge in [0.15, 0.2) is 11.6 Å². The highest BCUT2D eigenvalue weighted by molar-refractivity contribution is 5.83. The van der Waals surface area contributed by atoms with Crippen LogP contribution in [0.5, 0.6) is 0 Å². The molecule has 0 aliphatic heterocycles. The molecule has 0 bridgehead atoms. The SMILES string of the molecule is Nc1nc(CF)nc2cccnc12. The van der Waals surface area contributed by atoms with Gasteiger partial charge in [0.1, 0.15) is 12.2 Å². The van der Waals surface area contributed by atoms with Crippen LogP contribution in [0.3, 0.4) is 0 Å². The molecule has 5 heteroatoms. The van der Waals surface area contributed by atoms with Crippen molar-refractivity contribution in [2.45, 2.75) is 6.67 Å². The van der Waals surface area contributed by atoms with Gasteiger partial charge in [0.05, 0.1) is 5.52 Å². The molecular weight excluding hydrogens is 171 g/mol. The van der Waals surface area contributed by atoms with Crippen LogP contribution in [0.2, 0.25) is 0 Å². The molecular formula is C8H7FN4. The second-order valence-electron chi connectivity index (χ2n) is 2.53. The van der Waals surface area contributed by atoms with Gasteiger partial charge < -0.3 is 5.73 Å². The summed E-state index contributed by atoms with van der Waals surface area (Å²) in [6, 6.07) is 3.44. The average molecular weight is 178 g/mol. The Balaban J connectivity index is 2.77. The summed E-state index contributed by atoms with van der Waals surface area (Å²) in [6.45, 7) is -0.713. The highest BCUT2D eigenvalue weighted by Gasteiger charge is 2.04. The number of hydrogen-bond acceptors (Lipinski definition) is 4. The van der Waals surface area contributed by atoms with Gasteiger partial charge in [-0.3, -0.25) is 4.98 Å².